The number of ether oxygens (including phenoxy) is 8. The van der Waals surface area contributed by atoms with Gasteiger partial charge in [0.2, 0.25) is 0 Å². The van der Waals surface area contributed by atoms with Gasteiger partial charge in [0, 0.05) is 37.5 Å². The van der Waals surface area contributed by atoms with Gasteiger partial charge in [-0.05, 0) is 32.1 Å². The molecule has 0 aromatic heterocycles. The molecular formula is C28H33ClO9. The zero-order chi connectivity index (χ0) is 27.1. The van der Waals surface area contributed by atoms with Gasteiger partial charge in [0.25, 0.3) is 0 Å². The first-order valence-corrected chi connectivity index (χ1v) is 12.7. The predicted molar refractivity (Wildman–Crippen MR) is 141 cm³/mol. The van der Waals surface area contributed by atoms with E-state index >= 15 is 0 Å². The van der Waals surface area contributed by atoms with Crippen molar-refractivity contribution in [1.29, 1.82) is 0 Å². The van der Waals surface area contributed by atoms with Crippen molar-refractivity contribution in [3.63, 3.8) is 0 Å². The highest BCUT2D eigenvalue weighted by molar-refractivity contribution is 6.32. The van der Waals surface area contributed by atoms with Gasteiger partial charge >= 0.3 is 0 Å². The molecule has 10 heteroatoms. The molecule has 0 N–H and O–H groups in total. The van der Waals surface area contributed by atoms with E-state index in [0.717, 1.165) is 5.56 Å². The van der Waals surface area contributed by atoms with Crippen LogP contribution in [0, 0.1) is 0 Å². The van der Waals surface area contributed by atoms with Crippen LogP contribution in [-0.4, -0.2) is 72.2 Å². The summed E-state index contributed by atoms with van der Waals surface area (Å²) in [6.07, 6.45) is 3.96. The molecule has 0 saturated carbocycles. The monoisotopic (exact) mass is 548 g/mol. The SMILES string of the molecule is COCCOCOc1cc2c(cc1Cl)C(=O)C(c1cc3c(cc1OCOCCOC)OC(C)(C)C=C3)CO2. The Morgan fingerprint density at radius 3 is 2.26 bits per heavy atom. The first-order chi connectivity index (χ1) is 18.3. The highest BCUT2D eigenvalue weighted by Crippen LogP contribution is 2.43. The zero-order valence-corrected chi connectivity index (χ0v) is 22.8. The van der Waals surface area contributed by atoms with Crippen LogP contribution in [0.4, 0.5) is 0 Å². The number of hydrogen-bond donors (Lipinski definition) is 0. The number of hydrogen-bond acceptors (Lipinski definition) is 9. The van der Waals surface area contributed by atoms with E-state index < -0.39 is 11.5 Å². The summed E-state index contributed by atoms with van der Waals surface area (Å²) in [7, 11) is 3.19. The molecule has 1 atom stereocenters. The largest absolute Gasteiger partial charge is 0.492 e. The van der Waals surface area contributed by atoms with E-state index in [1.54, 1.807) is 32.4 Å². The molecule has 0 fully saturated rings. The average Bonchev–Trinajstić information content (AvgIpc) is 2.88. The third kappa shape index (κ3) is 6.78. The Kier molecular flexibility index (Phi) is 9.51. The molecule has 4 rings (SSSR count). The van der Waals surface area contributed by atoms with Gasteiger partial charge in [0.05, 0.1) is 42.9 Å². The van der Waals surface area contributed by atoms with Crippen molar-refractivity contribution < 1.29 is 42.7 Å². The zero-order valence-electron chi connectivity index (χ0n) is 22.0. The van der Waals surface area contributed by atoms with Gasteiger partial charge in [-0.25, -0.2) is 0 Å². The van der Waals surface area contributed by atoms with Crippen LogP contribution in [-0.2, 0) is 18.9 Å². The lowest BCUT2D eigenvalue weighted by Crippen LogP contribution is -2.29. The molecule has 0 amide bonds. The number of benzene rings is 2. The van der Waals surface area contributed by atoms with Crippen molar-refractivity contribution in [3.05, 3.63) is 52.1 Å². The van der Waals surface area contributed by atoms with Gasteiger partial charge in [0.15, 0.2) is 19.4 Å². The topological polar surface area (TPSA) is 90.9 Å². The number of methoxy groups -OCH3 is 2. The summed E-state index contributed by atoms with van der Waals surface area (Å²) in [6, 6.07) is 6.87. The summed E-state index contributed by atoms with van der Waals surface area (Å²) < 4.78 is 44.5. The van der Waals surface area contributed by atoms with Gasteiger partial charge < -0.3 is 37.9 Å². The number of carbonyl (C=O) groups excluding carboxylic acids is 1. The first-order valence-electron chi connectivity index (χ1n) is 12.3. The maximum Gasteiger partial charge on any atom is 0.189 e. The maximum absolute atomic E-state index is 13.7. The van der Waals surface area contributed by atoms with Crippen LogP contribution < -0.4 is 18.9 Å². The highest BCUT2D eigenvalue weighted by atomic mass is 35.5. The van der Waals surface area contributed by atoms with Crippen molar-refractivity contribution in [1.82, 2.24) is 0 Å². The lowest BCUT2D eigenvalue weighted by Gasteiger charge is -2.31. The molecule has 1 unspecified atom stereocenters. The van der Waals surface area contributed by atoms with Crippen LogP contribution in [0.2, 0.25) is 5.02 Å². The Hall–Kier alpha value is -2.82. The van der Waals surface area contributed by atoms with E-state index in [2.05, 4.69) is 0 Å². The molecule has 0 radical (unpaired) electrons. The summed E-state index contributed by atoms with van der Waals surface area (Å²) >= 11 is 6.43. The Labute approximate surface area is 227 Å². The van der Waals surface area contributed by atoms with E-state index in [1.165, 1.54) is 0 Å². The molecule has 2 aromatic carbocycles. The van der Waals surface area contributed by atoms with Crippen molar-refractivity contribution in [2.45, 2.75) is 25.4 Å². The first kappa shape index (κ1) is 28.2. The Morgan fingerprint density at radius 1 is 0.921 bits per heavy atom. The second-order valence-electron chi connectivity index (χ2n) is 9.30. The third-order valence-electron chi connectivity index (χ3n) is 6.04. The van der Waals surface area contributed by atoms with Gasteiger partial charge in [-0.2, -0.15) is 0 Å². The van der Waals surface area contributed by atoms with E-state index in [4.69, 9.17) is 49.5 Å². The van der Waals surface area contributed by atoms with Crippen molar-refractivity contribution in [2.24, 2.45) is 0 Å². The Balaban J connectivity index is 1.57. The van der Waals surface area contributed by atoms with Crippen LogP contribution in [0.25, 0.3) is 6.08 Å². The lowest BCUT2D eigenvalue weighted by molar-refractivity contribution is -0.00936. The second kappa shape index (κ2) is 12.8. The van der Waals surface area contributed by atoms with Gasteiger partial charge in [-0.1, -0.05) is 17.7 Å². The van der Waals surface area contributed by atoms with Crippen LogP contribution >= 0.6 is 11.6 Å². The summed E-state index contributed by atoms with van der Waals surface area (Å²) in [6.45, 7) is 5.70. The molecule has 2 heterocycles. The van der Waals surface area contributed by atoms with Crippen LogP contribution in [0.3, 0.4) is 0 Å². The molecule has 0 aliphatic carbocycles. The number of carbonyl (C=O) groups is 1. The quantitative estimate of drug-likeness (QED) is 0.256. The molecule has 0 saturated heterocycles. The minimum absolute atomic E-state index is 0.00684. The van der Waals surface area contributed by atoms with E-state index in [0.29, 0.717) is 60.6 Å². The molecule has 38 heavy (non-hydrogen) atoms. The van der Waals surface area contributed by atoms with Crippen LogP contribution in [0.1, 0.15) is 41.3 Å². The maximum atomic E-state index is 13.7. The van der Waals surface area contributed by atoms with E-state index in [-0.39, 0.29) is 31.0 Å². The van der Waals surface area contributed by atoms with Crippen molar-refractivity contribution >= 4 is 23.5 Å². The molecule has 2 aromatic rings. The average molecular weight is 549 g/mol. The molecule has 2 aliphatic rings. The highest BCUT2D eigenvalue weighted by Gasteiger charge is 2.35. The minimum atomic E-state index is -0.620. The van der Waals surface area contributed by atoms with E-state index in [9.17, 15) is 4.79 Å². The number of Topliss-reactive ketones (excluding diaryl/α,β-unsaturated/α-hetero) is 1. The lowest BCUT2D eigenvalue weighted by atomic mass is 9.86. The predicted octanol–water partition coefficient (Wildman–Crippen LogP) is 4.88. The fraction of sp³-hybridized carbons (Fsp3) is 0.464. The van der Waals surface area contributed by atoms with Gasteiger partial charge in [0.1, 0.15) is 35.2 Å². The van der Waals surface area contributed by atoms with E-state index in [1.807, 2.05) is 32.1 Å². The Bertz CT molecular complexity index is 1160. The molecule has 9 nitrogen and oxygen atoms in total. The normalized spacial score (nSPS) is 17.3. The third-order valence-corrected chi connectivity index (χ3v) is 6.33. The van der Waals surface area contributed by atoms with Gasteiger partial charge in [-0.15, -0.1) is 0 Å². The number of halogens is 1. The Morgan fingerprint density at radius 2 is 1.58 bits per heavy atom. The molecule has 206 valence electrons. The fourth-order valence-electron chi connectivity index (χ4n) is 4.06. The fourth-order valence-corrected chi connectivity index (χ4v) is 4.28. The second-order valence-corrected chi connectivity index (χ2v) is 9.71. The molecular weight excluding hydrogens is 516 g/mol. The van der Waals surface area contributed by atoms with Crippen LogP contribution in [0.5, 0.6) is 23.0 Å². The van der Waals surface area contributed by atoms with Crippen molar-refractivity contribution in [3.8, 4) is 23.0 Å². The minimum Gasteiger partial charge on any atom is -0.492 e. The summed E-state index contributed by atoms with van der Waals surface area (Å²) in [5.41, 5.74) is 1.42. The smallest absolute Gasteiger partial charge is 0.189 e. The molecule has 2 aliphatic heterocycles. The van der Waals surface area contributed by atoms with Crippen LogP contribution in [0.15, 0.2) is 30.3 Å². The van der Waals surface area contributed by atoms with Gasteiger partial charge in [-0.3, -0.25) is 4.79 Å². The summed E-state index contributed by atoms with van der Waals surface area (Å²) in [4.78, 5) is 13.7. The number of rotatable bonds is 13. The van der Waals surface area contributed by atoms with Crippen molar-refractivity contribution in [2.75, 3.05) is 60.8 Å². The number of ketones is 1. The summed E-state index contributed by atoms with van der Waals surface area (Å²) in [5.74, 6) is 1.15. The number of fused-ring (bicyclic) bond motifs is 2. The molecule has 0 bridgehead atoms. The molecule has 0 spiro atoms. The standard InChI is InChI=1S/C28H33ClO9/c1-28(2)6-5-18-11-19(24(13-23(18)38-28)36-16-33-9-7-31-3)21-15-35-25-14-26(37-17-34-10-8-32-4)22(29)12-20(25)27(21)30/h5-6,11-14,21H,7-10,15-17H2,1-4H3. The summed E-state index contributed by atoms with van der Waals surface area (Å²) in [5, 5.41) is 0.281.